The van der Waals surface area contributed by atoms with Crippen molar-refractivity contribution in [3.63, 3.8) is 0 Å². The lowest BCUT2D eigenvalue weighted by molar-refractivity contribution is -0.129. The summed E-state index contributed by atoms with van der Waals surface area (Å²) in [7, 11) is 0. The zero-order valence-corrected chi connectivity index (χ0v) is 9.66. The van der Waals surface area contributed by atoms with Crippen LogP contribution in [0.5, 0.6) is 0 Å². The van der Waals surface area contributed by atoms with Crippen molar-refractivity contribution < 1.29 is 14.7 Å². The predicted molar refractivity (Wildman–Crippen MR) is 60.1 cm³/mol. The molecule has 0 atom stereocenters. The number of carboxylic acids is 1. The molecule has 0 unspecified atom stereocenters. The number of hydrogen-bond acceptors (Lipinski definition) is 3. The maximum atomic E-state index is 10.3. The van der Waals surface area contributed by atoms with Crippen molar-refractivity contribution in [3.05, 3.63) is 0 Å². The largest absolute Gasteiger partial charge is 0.477 e. The highest BCUT2D eigenvalue weighted by Crippen LogP contribution is 2.04. The van der Waals surface area contributed by atoms with Gasteiger partial charge in [-0.25, -0.2) is 4.79 Å². The SMILES string of the molecule is CCCCCCCCO/N=C(\C)C(=O)O. The van der Waals surface area contributed by atoms with Crippen LogP contribution in [-0.4, -0.2) is 23.4 Å². The normalized spacial score (nSPS) is 11.5. The van der Waals surface area contributed by atoms with E-state index in [0.29, 0.717) is 6.61 Å². The second-order valence-corrected chi connectivity index (χ2v) is 3.58. The molecule has 0 aliphatic carbocycles. The summed E-state index contributed by atoms with van der Waals surface area (Å²) < 4.78 is 0. The minimum Gasteiger partial charge on any atom is -0.477 e. The fourth-order valence-corrected chi connectivity index (χ4v) is 1.13. The highest BCUT2D eigenvalue weighted by Gasteiger charge is 2.00. The zero-order chi connectivity index (χ0) is 11.5. The molecule has 4 nitrogen and oxygen atoms in total. The molecule has 4 heteroatoms. The number of rotatable bonds is 9. The Morgan fingerprint density at radius 1 is 1.20 bits per heavy atom. The van der Waals surface area contributed by atoms with Gasteiger partial charge in [0.25, 0.3) is 0 Å². The van der Waals surface area contributed by atoms with Gasteiger partial charge in [-0.05, 0) is 19.8 Å². The second kappa shape index (κ2) is 9.49. The lowest BCUT2D eigenvalue weighted by Gasteiger charge is -2.00. The van der Waals surface area contributed by atoms with Crippen molar-refractivity contribution in [2.45, 2.75) is 52.4 Å². The number of carbonyl (C=O) groups is 1. The van der Waals surface area contributed by atoms with Crippen molar-refractivity contribution in [1.29, 1.82) is 0 Å². The summed E-state index contributed by atoms with van der Waals surface area (Å²) in [4.78, 5) is 15.2. The monoisotopic (exact) mass is 215 g/mol. The van der Waals surface area contributed by atoms with Gasteiger partial charge < -0.3 is 9.94 Å². The van der Waals surface area contributed by atoms with E-state index >= 15 is 0 Å². The van der Waals surface area contributed by atoms with E-state index in [-0.39, 0.29) is 5.71 Å². The molecule has 0 amide bonds. The average molecular weight is 215 g/mol. The number of oxime groups is 1. The first-order chi connectivity index (χ1) is 7.18. The molecule has 0 aliphatic rings. The van der Waals surface area contributed by atoms with Crippen LogP contribution in [0.3, 0.4) is 0 Å². The van der Waals surface area contributed by atoms with E-state index in [1.807, 2.05) is 0 Å². The molecule has 0 aliphatic heterocycles. The van der Waals surface area contributed by atoms with Crippen molar-refractivity contribution in [1.82, 2.24) is 0 Å². The highest BCUT2D eigenvalue weighted by atomic mass is 16.6. The Hall–Kier alpha value is -1.06. The summed E-state index contributed by atoms with van der Waals surface area (Å²) in [6.45, 7) is 4.12. The van der Waals surface area contributed by atoms with E-state index in [1.165, 1.54) is 32.6 Å². The topological polar surface area (TPSA) is 58.9 Å². The summed E-state index contributed by atoms with van der Waals surface area (Å²) in [5.41, 5.74) is 0.000910. The smallest absolute Gasteiger partial charge is 0.353 e. The van der Waals surface area contributed by atoms with Crippen LogP contribution in [0.1, 0.15) is 52.4 Å². The van der Waals surface area contributed by atoms with Gasteiger partial charge in [0, 0.05) is 0 Å². The zero-order valence-electron chi connectivity index (χ0n) is 9.66. The fraction of sp³-hybridized carbons (Fsp3) is 0.818. The molecule has 0 aromatic heterocycles. The number of hydrogen-bond donors (Lipinski definition) is 1. The van der Waals surface area contributed by atoms with Crippen LogP contribution >= 0.6 is 0 Å². The standard InChI is InChI=1S/C11H21NO3/c1-3-4-5-6-7-8-9-15-12-10(2)11(13)14/h3-9H2,1-2H3,(H,13,14)/b12-10+. The quantitative estimate of drug-likeness (QED) is 0.365. The average Bonchev–Trinajstić information content (AvgIpc) is 2.21. The Bertz CT molecular complexity index is 202. The Kier molecular flexibility index (Phi) is 8.82. The van der Waals surface area contributed by atoms with Crippen molar-refractivity contribution >= 4 is 11.7 Å². The summed E-state index contributed by atoms with van der Waals surface area (Å²) in [6, 6.07) is 0. The molecule has 0 radical (unpaired) electrons. The van der Waals surface area contributed by atoms with Crippen LogP contribution in [0.25, 0.3) is 0 Å². The van der Waals surface area contributed by atoms with E-state index < -0.39 is 5.97 Å². The Morgan fingerprint density at radius 3 is 2.40 bits per heavy atom. The van der Waals surface area contributed by atoms with Crippen LogP contribution in [-0.2, 0) is 9.63 Å². The highest BCUT2D eigenvalue weighted by molar-refractivity contribution is 6.34. The first-order valence-electron chi connectivity index (χ1n) is 5.58. The molecule has 0 spiro atoms. The molecular formula is C11H21NO3. The van der Waals surface area contributed by atoms with Gasteiger partial charge in [0.15, 0.2) is 5.71 Å². The molecular weight excluding hydrogens is 194 g/mol. The second-order valence-electron chi connectivity index (χ2n) is 3.58. The van der Waals surface area contributed by atoms with Gasteiger partial charge in [0.2, 0.25) is 0 Å². The predicted octanol–water partition coefficient (Wildman–Crippen LogP) is 2.82. The van der Waals surface area contributed by atoms with E-state index in [9.17, 15) is 4.79 Å². The van der Waals surface area contributed by atoms with Crippen LogP contribution < -0.4 is 0 Å². The maximum absolute atomic E-state index is 10.3. The van der Waals surface area contributed by atoms with Gasteiger partial charge in [-0.3, -0.25) is 0 Å². The fourth-order valence-electron chi connectivity index (χ4n) is 1.13. The molecule has 0 aromatic carbocycles. The first kappa shape index (κ1) is 13.9. The molecule has 0 rings (SSSR count). The molecule has 0 heterocycles. The molecule has 88 valence electrons. The molecule has 15 heavy (non-hydrogen) atoms. The number of unbranched alkanes of at least 4 members (excludes halogenated alkanes) is 5. The Balaban J connectivity index is 3.25. The lowest BCUT2D eigenvalue weighted by Crippen LogP contribution is -2.08. The van der Waals surface area contributed by atoms with Gasteiger partial charge in [0.1, 0.15) is 6.61 Å². The summed E-state index contributed by atoms with van der Waals surface area (Å²) >= 11 is 0. The van der Waals surface area contributed by atoms with Crippen LogP contribution in [0.15, 0.2) is 5.16 Å². The summed E-state index contributed by atoms with van der Waals surface area (Å²) in [6.07, 6.45) is 7.10. The minimum absolute atomic E-state index is 0.000910. The third kappa shape index (κ3) is 9.25. The van der Waals surface area contributed by atoms with Gasteiger partial charge in [-0.2, -0.15) is 0 Å². The number of aliphatic carboxylic acids is 1. The molecule has 0 bridgehead atoms. The third-order valence-corrected chi connectivity index (χ3v) is 2.10. The Morgan fingerprint density at radius 2 is 1.80 bits per heavy atom. The van der Waals surface area contributed by atoms with Crippen LogP contribution in [0, 0.1) is 0 Å². The number of nitrogens with zero attached hydrogens (tertiary/aromatic N) is 1. The van der Waals surface area contributed by atoms with Crippen LogP contribution in [0.4, 0.5) is 0 Å². The number of carboxylic acid groups (broad SMARTS) is 1. The molecule has 0 fully saturated rings. The minimum atomic E-state index is -1.03. The molecule has 1 N–H and O–H groups in total. The van der Waals surface area contributed by atoms with Gasteiger partial charge >= 0.3 is 5.97 Å². The van der Waals surface area contributed by atoms with E-state index in [2.05, 4.69) is 12.1 Å². The third-order valence-electron chi connectivity index (χ3n) is 2.10. The summed E-state index contributed by atoms with van der Waals surface area (Å²) in [5, 5.41) is 11.9. The van der Waals surface area contributed by atoms with Gasteiger partial charge in [-0.1, -0.05) is 37.8 Å². The van der Waals surface area contributed by atoms with E-state index in [4.69, 9.17) is 9.94 Å². The lowest BCUT2D eigenvalue weighted by atomic mass is 10.1. The molecule has 0 aromatic rings. The first-order valence-corrected chi connectivity index (χ1v) is 5.58. The Labute approximate surface area is 91.3 Å². The molecule has 0 saturated carbocycles. The van der Waals surface area contributed by atoms with E-state index in [0.717, 1.165) is 12.8 Å². The summed E-state index contributed by atoms with van der Waals surface area (Å²) in [5.74, 6) is -1.03. The van der Waals surface area contributed by atoms with E-state index in [1.54, 1.807) is 0 Å². The van der Waals surface area contributed by atoms with Crippen molar-refractivity contribution in [2.75, 3.05) is 6.61 Å². The van der Waals surface area contributed by atoms with Crippen molar-refractivity contribution in [2.24, 2.45) is 5.16 Å². The van der Waals surface area contributed by atoms with Gasteiger partial charge in [-0.15, -0.1) is 0 Å². The van der Waals surface area contributed by atoms with Crippen LogP contribution in [0.2, 0.25) is 0 Å². The van der Waals surface area contributed by atoms with Crippen molar-refractivity contribution in [3.8, 4) is 0 Å². The van der Waals surface area contributed by atoms with Gasteiger partial charge in [0.05, 0.1) is 0 Å². The maximum Gasteiger partial charge on any atom is 0.353 e. The molecule has 0 saturated heterocycles.